The molecule has 4 nitrogen and oxygen atoms in total. The Hall–Kier alpha value is -1.79. The van der Waals surface area contributed by atoms with Crippen molar-refractivity contribution < 1.29 is 14.4 Å². The summed E-state index contributed by atoms with van der Waals surface area (Å²) in [6, 6.07) is 10.3. The topological polar surface area (TPSA) is 63.4 Å². The zero-order valence-corrected chi connectivity index (χ0v) is 11.9. The lowest BCUT2D eigenvalue weighted by molar-refractivity contribution is -0.384. The van der Waals surface area contributed by atoms with Crippen molar-refractivity contribution in [3.8, 4) is 0 Å². The van der Waals surface area contributed by atoms with Crippen LogP contribution in [-0.4, -0.2) is 10.0 Å². The van der Waals surface area contributed by atoms with Gasteiger partial charge in [-0.15, -0.1) is 0 Å². The third-order valence-corrected chi connectivity index (χ3v) is 3.39. The van der Waals surface area contributed by atoms with Gasteiger partial charge in [0.2, 0.25) is 0 Å². The molecule has 0 radical (unpaired) electrons. The molecule has 1 atom stereocenters. The van der Waals surface area contributed by atoms with Crippen LogP contribution in [-0.2, 0) is 6.42 Å². The number of nitro groups is 1. The quantitative estimate of drug-likeness (QED) is 0.681. The number of non-ortho nitro benzene ring substituents is 1. The molecule has 0 aliphatic heterocycles. The van der Waals surface area contributed by atoms with Crippen molar-refractivity contribution in [2.75, 3.05) is 0 Å². The summed E-state index contributed by atoms with van der Waals surface area (Å²) in [5.41, 5.74) is 0.884. The van der Waals surface area contributed by atoms with E-state index in [0.717, 1.165) is 0 Å². The lowest BCUT2D eigenvalue weighted by Crippen LogP contribution is -2.04. The lowest BCUT2D eigenvalue weighted by atomic mass is 10.0. The largest absolute Gasteiger partial charge is 0.388 e. The van der Waals surface area contributed by atoms with Gasteiger partial charge in [-0.25, -0.2) is 4.39 Å². The third-order valence-electron chi connectivity index (χ3n) is 2.90. The predicted molar refractivity (Wildman–Crippen MR) is 75.9 cm³/mol. The van der Waals surface area contributed by atoms with Crippen LogP contribution in [0.15, 0.2) is 46.9 Å². The second kappa shape index (κ2) is 6.11. The zero-order chi connectivity index (χ0) is 14.7. The fraction of sp³-hybridized carbons (Fsp3) is 0.143. The Morgan fingerprint density at radius 2 is 1.90 bits per heavy atom. The molecule has 0 aliphatic rings. The summed E-state index contributed by atoms with van der Waals surface area (Å²) in [7, 11) is 0. The monoisotopic (exact) mass is 339 g/mol. The molecular formula is C14H11BrFNO3. The van der Waals surface area contributed by atoms with Gasteiger partial charge in [-0.2, -0.15) is 0 Å². The van der Waals surface area contributed by atoms with E-state index in [-0.39, 0.29) is 17.7 Å². The Kier molecular flexibility index (Phi) is 4.46. The van der Waals surface area contributed by atoms with Crippen molar-refractivity contribution in [1.82, 2.24) is 0 Å². The molecule has 0 spiro atoms. The van der Waals surface area contributed by atoms with Crippen LogP contribution < -0.4 is 0 Å². The van der Waals surface area contributed by atoms with Crippen molar-refractivity contribution in [2.45, 2.75) is 12.5 Å². The molecule has 0 amide bonds. The first-order valence-corrected chi connectivity index (χ1v) is 6.63. The first-order chi connectivity index (χ1) is 9.47. The maximum absolute atomic E-state index is 13.7. The van der Waals surface area contributed by atoms with E-state index in [1.807, 2.05) is 0 Å². The Labute approximate surface area is 123 Å². The van der Waals surface area contributed by atoms with Crippen molar-refractivity contribution >= 4 is 21.6 Å². The fourth-order valence-corrected chi connectivity index (χ4v) is 2.19. The first kappa shape index (κ1) is 14.6. The molecule has 0 aliphatic carbocycles. The van der Waals surface area contributed by atoms with Gasteiger partial charge in [-0.05, 0) is 17.7 Å². The van der Waals surface area contributed by atoms with Gasteiger partial charge in [0.1, 0.15) is 5.82 Å². The molecule has 2 aromatic rings. The molecular weight excluding hydrogens is 329 g/mol. The molecule has 1 N–H and O–H groups in total. The molecule has 6 heteroatoms. The van der Waals surface area contributed by atoms with Gasteiger partial charge >= 0.3 is 0 Å². The molecule has 0 saturated heterocycles. The molecule has 0 heterocycles. The van der Waals surface area contributed by atoms with Crippen LogP contribution >= 0.6 is 15.9 Å². The van der Waals surface area contributed by atoms with E-state index < -0.39 is 16.8 Å². The second-order valence-corrected chi connectivity index (χ2v) is 5.22. The Balaban J connectivity index is 2.14. The van der Waals surface area contributed by atoms with E-state index in [2.05, 4.69) is 15.9 Å². The zero-order valence-electron chi connectivity index (χ0n) is 10.3. The van der Waals surface area contributed by atoms with E-state index in [0.29, 0.717) is 10.0 Å². The molecule has 1 unspecified atom stereocenters. The van der Waals surface area contributed by atoms with Crippen molar-refractivity contribution in [3.63, 3.8) is 0 Å². The van der Waals surface area contributed by atoms with Crippen LogP contribution in [0.2, 0.25) is 0 Å². The second-order valence-electron chi connectivity index (χ2n) is 4.31. The molecule has 2 rings (SSSR count). The van der Waals surface area contributed by atoms with Crippen molar-refractivity contribution in [2.24, 2.45) is 0 Å². The minimum Gasteiger partial charge on any atom is -0.388 e. The van der Waals surface area contributed by atoms with Gasteiger partial charge in [0.05, 0.1) is 11.0 Å². The van der Waals surface area contributed by atoms with Gasteiger partial charge in [-0.1, -0.05) is 34.1 Å². The van der Waals surface area contributed by atoms with E-state index >= 15 is 0 Å². The smallest absolute Gasteiger partial charge is 0.269 e. The number of nitro benzene ring substituents is 1. The summed E-state index contributed by atoms with van der Waals surface area (Å²) in [5, 5.41) is 20.6. The predicted octanol–water partition coefficient (Wildman–Crippen LogP) is 3.77. The molecule has 0 bridgehead atoms. The Morgan fingerprint density at radius 3 is 2.45 bits per heavy atom. The number of aliphatic hydroxyl groups is 1. The highest BCUT2D eigenvalue weighted by Gasteiger charge is 2.14. The number of aliphatic hydroxyl groups excluding tert-OH is 1. The maximum atomic E-state index is 13.7. The molecule has 104 valence electrons. The number of benzene rings is 2. The average molecular weight is 340 g/mol. The Bertz CT molecular complexity index is 631. The van der Waals surface area contributed by atoms with Gasteiger partial charge in [0.25, 0.3) is 5.69 Å². The standard InChI is InChI=1S/C14H11BrFNO3/c15-10-3-6-12(13(16)8-10)14(18)7-9-1-4-11(5-2-9)17(19)20/h1-6,8,14,18H,7H2. The minimum absolute atomic E-state index is 0.0157. The van der Waals surface area contributed by atoms with Gasteiger partial charge < -0.3 is 5.11 Å². The van der Waals surface area contributed by atoms with Crippen molar-refractivity contribution in [1.29, 1.82) is 0 Å². The van der Waals surface area contributed by atoms with E-state index in [1.54, 1.807) is 18.2 Å². The van der Waals surface area contributed by atoms with Crippen LogP contribution in [0.5, 0.6) is 0 Å². The molecule has 2 aromatic carbocycles. The average Bonchev–Trinajstić information content (AvgIpc) is 2.39. The first-order valence-electron chi connectivity index (χ1n) is 5.83. The highest BCUT2D eigenvalue weighted by molar-refractivity contribution is 9.10. The van der Waals surface area contributed by atoms with Crippen LogP contribution in [0.3, 0.4) is 0 Å². The normalized spacial score (nSPS) is 12.2. The number of halogens is 2. The van der Waals surface area contributed by atoms with Crippen LogP contribution in [0, 0.1) is 15.9 Å². The number of hydrogen-bond acceptors (Lipinski definition) is 3. The van der Waals surface area contributed by atoms with Crippen molar-refractivity contribution in [3.05, 3.63) is 74.0 Å². The molecule has 0 saturated carbocycles. The van der Waals surface area contributed by atoms with Gasteiger partial charge in [-0.3, -0.25) is 10.1 Å². The summed E-state index contributed by atoms with van der Waals surface area (Å²) in [5.74, 6) is -0.492. The van der Waals surface area contributed by atoms with E-state index in [4.69, 9.17) is 0 Å². The minimum atomic E-state index is -0.996. The van der Waals surface area contributed by atoms with Gasteiger partial charge in [0.15, 0.2) is 0 Å². The van der Waals surface area contributed by atoms with E-state index in [1.165, 1.54) is 24.3 Å². The SMILES string of the molecule is O=[N+]([O-])c1ccc(CC(O)c2ccc(Br)cc2F)cc1. The van der Waals surface area contributed by atoms with Crippen LogP contribution in [0.25, 0.3) is 0 Å². The van der Waals surface area contributed by atoms with Gasteiger partial charge in [0, 0.05) is 28.6 Å². The van der Waals surface area contributed by atoms with Crippen LogP contribution in [0.4, 0.5) is 10.1 Å². The molecule has 0 aromatic heterocycles. The molecule has 0 fully saturated rings. The Morgan fingerprint density at radius 1 is 1.25 bits per heavy atom. The number of rotatable bonds is 4. The summed E-state index contributed by atoms with van der Waals surface area (Å²) in [6.45, 7) is 0. The summed E-state index contributed by atoms with van der Waals surface area (Å²) >= 11 is 3.15. The summed E-state index contributed by atoms with van der Waals surface area (Å²) < 4.78 is 14.3. The lowest BCUT2D eigenvalue weighted by Gasteiger charge is -2.12. The number of nitrogens with zero attached hydrogens (tertiary/aromatic N) is 1. The summed E-state index contributed by atoms with van der Waals surface area (Å²) in [6.07, 6.45) is -0.805. The summed E-state index contributed by atoms with van der Waals surface area (Å²) in [4.78, 5) is 10.0. The number of hydrogen-bond donors (Lipinski definition) is 1. The maximum Gasteiger partial charge on any atom is 0.269 e. The molecule has 20 heavy (non-hydrogen) atoms. The fourth-order valence-electron chi connectivity index (χ4n) is 1.86. The van der Waals surface area contributed by atoms with Crippen LogP contribution in [0.1, 0.15) is 17.2 Å². The van der Waals surface area contributed by atoms with E-state index in [9.17, 15) is 19.6 Å². The third kappa shape index (κ3) is 3.40. The highest BCUT2D eigenvalue weighted by Crippen LogP contribution is 2.24. The highest BCUT2D eigenvalue weighted by atomic mass is 79.9.